The van der Waals surface area contributed by atoms with E-state index in [4.69, 9.17) is 10.00 Å². The minimum absolute atomic E-state index is 0.256. The second-order valence-corrected chi connectivity index (χ2v) is 6.48. The Balaban J connectivity index is 1.58. The number of fused-ring (bicyclic) bond motifs is 1. The van der Waals surface area contributed by atoms with Crippen LogP contribution in [0.15, 0.2) is 59.5 Å². The fourth-order valence-corrected chi connectivity index (χ4v) is 3.07. The normalized spacial score (nSPS) is 11.3. The predicted molar refractivity (Wildman–Crippen MR) is 104 cm³/mol. The van der Waals surface area contributed by atoms with Crippen molar-refractivity contribution >= 4 is 5.65 Å². The number of nitrogens with one attached hydrogen (secondary N) is 1. The number of hydrogen-bond acceptors (Lipinski definition) is 5. The fraction of sp³-hybridized carbons (Fsp3) is 0.0952. The third kappa shape index (κ3) is 4.06. The van der Waals surface area contributed by atoms with Crippen molar-refractivity contribution < 1.29 is 22.6 Å². The van der Waals surface area contributed by atoms with Crippen LogP contribution in [0.1, 0.15) is 11.3 Å². The number of aromatic nitrogens is 3. The van der Waals surface area contributed by atoms with E-state index in [9.17, 15) is 18.0 Å². The molecule has 7 nitrogen and oxygen atoms in total. The average molecular weight is 426 g/mol. The number of alkyl halides is 3. The molecule has 10 heteroatoms. The van der Waals surface area contributed by atoms with E-state index in [1.54, 1.807) is 31.2 Å². The first-order valence-electron chi connectivity index (χ1n) is 8.90. The third-order valence-electron chi connectivity index (χ3n) is 4.40. The summed E-state index contributed by atoms with van der Waals surface area (Å²) in [4.78, 5) is 17.2. The highest BCUT2D eigenvalue weighted by atomic mass is 19.4. The number of hydrogen-bond donors (Lipinski definition) is 1. The highest BCUT2D eigenvalue weighted by Crippen LogP contribution is 2.29. The van der Waals surface area contributed by atoms with Crippen molar-refractivity contribution in [3.63, 3.8) is 0 Å². The van der Waals surface area contributed by atoms with E-state index in [1.165, 1.54) is 22.8 Å². The molecule has 4 rings (SSSR count). The Kier molecular flexibility index (Phi) is 4.87. The molecule has 0 aliphatic rings. The number of benzene rings is 2. The van der Waals surface area contributed by atoms with Gasteiger partial charge in [-0.05, 0) is 48.9 Å². The van der Waals surface area contributed by atoms with E-state index in [-0.39, 0.29) is 22.5 Å². The number of aryl methyl sites for hydroxylation is 1. The zero-order valence-electron chi connectivity index (χ0n) is 15.9. The lowest BCUT2D eigenvalue weighted by atomic mass is 10.1. The van der Waals surface area contributed by atoms with Gasteiger partial charge in [0, 0.05) is 6.20 Å². The lowest BCUT2D eigenvalue weighted by Crippen LogP contribution is -2.19. The molecule has 4 aromatic rings. The zero-order valence-corrected chi connectivity index (χ0v) is 15.9. The summed E-state index contributed by atoms with van der Waals surface area (Å²) in [6, 6.07) is 13.6. The van der Waals surface area contributed by atoms with E-state index >= 15 is 0 Å². The largest absolute Gasteiger partial charge is 0.573 e. The standard InChI is InChI=1S/C21H13F3N4O3/c1-12-18(20(29)28-19(27-12)14(10-25)11-26-28)13-2-4-15(5-3-13)30-16-6-8-17(9-7-16)31-21(22,23)24/h2-9,11,26H,1H3. The van der Waals surface area contributed by atoms with Gasteiger partial charge in [0.25, 0.3) is 5.56 Å². The van der Waals surface area contributed by atoms with Crippen LogP contribution in [0, 0.1) is 18.3 Å². The molecule has 0 unspecified atom stereocenters. The molecule has 156 valence electrons. The molecule has 1 N–H and O–H groups in total. The zero-order chi connectivity index (χ0) is 22.2. The van der Waals surface area contributed by atoms with Crippen LogP contribution in [0.2, 0.25) is 0 Å². The van der Waals surface area contributed by atoms with Gasteiger partial charge in [-0.25, -0.2) is 4.98 Å². The van der Waals surface area contributed by atoms with Crippen LogP contribution in [0.4, 0.5) is 13.2 Å². The minimum Gasteiger partial charge on any atom is -0.457 e. The first kappa shape index (κ1) is 20.0. The van der Waals surface area contributed by atoms with Crippen LogP contribution in [-0.2, 0) is 0 Å². The summed E-state index contributed by atoms with van der Waals surface area (Å²) in [5.41, 5.74) is 1.60. The maximum atomic E-state index is 12.8. The first-order chi connectivity index (χ1) is 14.7. The monoisotopic (exact) mass is 426 g/mol. The van der Waals surface area contributed by atoms with E-state index in [1.807, 2.05) is 6.07 Å². The summed E-state index contributed by atoms with van der Waals surface area (Å²) in [5, 5.41) is 11.8. The van der Waals surface area contributed by atoms with E-state index in [0.717, 1.165) is 12.1 Å². The number of rotatable bonds is 4. The molecule has 0 aliphatic heterocycles. The van der Waals surface area contributed by atoms with Gasteiger partial charge in [-0.3, -0.25) is 9.89 Å². The van der Waals surface area contributed by atoms with Crippen molar-refractivity contribution in [1.82, 2.24) is 14.6 Å². The molecule has 2 aromatic carbocycles. The molecule has 2 aromatic heterocycles. The van der Waals surface area contributed by atoms with E-state index < -0.39 is 6.36 Å². The minimum atomic E-state index is -4.76. The Labute approximate surface area is 172 Å². The van der Waals surface area contributed by atoms with Gasteiger partial charge in [0.1, 0.15) is 28.9 Å². The topological polar surface area (TPSA) is 92.4 Å². The Morgan fingerprint density at radius 3 is 2.19 bits per heavy atom. The van der Waals surface area contributed by atoms with Gasteiger partial charge in [0.15, 0.2) is 5.65 Å². The fourth-order valence-electron chi connectivity index (χ4n) is 3.07. The van der Waals surface area contributed by atoms with Gasteiger partial charge >= 0.3 is 6.36 Å². The quantitative estimate of drug-likeness (QED) is 0.517. The van der Waals surface area contributed by atoms with Crippen LogP contribution in [-0.4, -0.2) is 21.0 Å². The Hall–Kier alpha value is -4.26. The number of nitrogens with zero attached hydrogens (tertiary/aromatic N) is 3. The van der Waals surface area contributed by atoms with Gasteiger partial charge in [0.05, 0.1) is 11.3 Å². The summed E-state index contributed by atoms with van der Waals surface area (Å²) in [7, 11) is 0. The SMILES string of the molecule is Cc1nc2c(C#N)c[nH]n2c(=O)c1-c1ccc(Oc2ccc(OC(F)(F)F)cc2)cc1. The Bertz CT molecular complexity index is 1350. The number of halogens is 3. The smallest absolute Gasteiger partial charge is 0.457 e. The van der Waals surface area contributed by atoms with Crippen molar-refractivity contribution in [3.05, 3.63) is 76.3 Å². The highest BCUT2D eigenvalue weighted by molar-refractivity contribution is 5.68. The highest BCUT2D eigenvalue weighted by Gasteiger charge is 2.31. The predicted octanol–water partition coefficient (Wildman–Crippen LogP) is 4.56. The lowest BCUT2D eigenvalue weighted by Gasteiger charge is -2.10. The van der Waals surface area contributed by atoms with Crippen molar-refractivity contribution in [2.45, 2.75) is 13.3 Å². The van der Waals surface area contributed by atoms with Gasteiger partial charge in [0.2, 0.25) is 0 Å². The molecule has 0 saturated heterocycles. The first-order valence-corrected chi connectivity index (χ1v) is 8.90. The van der Waals surface area contributed by atoms with Crippen molar-refractivity contribution in [2.24, 2.45) is 0 Å². The molecule has 0 saturated carbocycles. The summed E-state index contributed by atoms with van der Waals surface area (Å²) < 4.78 is 47.3. The average Bonchev–Trinajstić information content (AvgIpc) is 3.13. The summed E-state index contributed by atoms with van der Waals surface area (Å²) in [6.45, 7) is 1.68. The van der Waals surface area contributed by atoms with Crippen LogP contribution in [0.25, 0.3) is 16.8 Å². The molecule has 0 bridgehead atoms. The Morgan fingerprint density at radius 1 is 1.03 bits per heavy atom. The Morgan fingerprint density at radius 2 is 1.61 bits per heavy atom. The molecule has 0 spiro atoms. The second kappa shape index (κ2) is 7.53. The number of H-pyrrole nitrogens is 1. The maximum Gasteiger partial charge on any atom is 0.573 e. The molecule has 31 heavy (non-hydrogen) atoms. The summed E-state index contributed by atoms with van der Waals surface area (Å²) in [5.74, 6) is 0.390. The molecule has 2 heterocycles. The van der Waals surface area contributed by atoms with Gasteiger partial charge < -0.3 is 9.47 Å². The molecule has 0 radical (unpaired) electrons. The summed E-state index contributed by atoms with van der Waals surface area (Å²) in [6.07, 6.45) is -3.35. The van der Waals surface area contributed by atoms with Crippen LogP contribution < -0.4 is 15.0 Å². The molecular formula is C21H13F3N4O3. The molecule has 0 atom stereocenters. The molecule has 0 amide bonds. The second-order valence-electron chi connectivity index (χ2n) is 6.48. The third-order valence-corrected chi connectivity index (χ3v) is 4.40. The molecule has 0 fully saturated rings. The van der Waals surface area contributed by atoms with Gasteiger partial charge in [-0.1, -0.05) is 12.1 Å². The number of aromatic amines is 1. The summed E-state index contributed by atoms with van der Waals surface area (Å²) >= 11 is 0. The van der Waals surface area contributed by atoms with Crippen molar-refractivity contribution in [3.8, 4) is 34.4 Å². The molecule has 0 aliphatic carbocycles. The number of ether oxygens (including phenoxy) is 2. The van der Waals surface area contributed by atoms with Gasteiger partial charge in [-0.15, -0.1) is 13.2 Å². The van der Waals surface area contributed by atoms with Crippen LogP contribution in [0.5, 0.6) is 17.2 Å². The number of nitriles is 1. The van der Waals surface area contributed by atoms with Crippen LogP contribution in [0.3, 0.4) is 0 Å². The molecular weight excluding hydrogens is 413 g/mol. The van der Waals surface area contributed by atoms with E-state index in [2.05, 4.69) is 14.8 Å². The van der Waals surface area contributed by atoms with Crippen LogP contribution >= 0.6 is 0 Å². The lowest BCUT2D eigenvalue weighted by molar-refractivity contribution is -0.274. The van der Waals surface area contributed by atoms with Crippen molar-refractivity contribution in [2.75, 3.05) is 0 Å². The van der Waals surface area contributed by atoms with E-state index in [0.29, 0.717) is 28.3 Å². The van der Waals surface area contributed by atoms with Crippen molar-refractivity contribution in [1.29, 1.82) is 5.26 Å². The maximum absolute atomic E-state index is 12.8. The van der Waals surface area contributed by atoms with Gasteiger partial charge in [-0.2, -0.15) is 9.78 Å².